The molecule has 3 atom stereocenters. The number of carbonyl (C=O) groups excluding carboxylic acids is 2. The molecule has 2 N–H and O–H groups in total. The summed E-state index contributed by atoms with van der Waals surface area (Å²) in [5, 5.41) is 7.67. The van der Waals surface area contributed by atoms with Crippen molar-refractivity contribution in [2.75, 3.05) is 18.1 Å². The Bertz CT molecular complexity index is 1750. The molecule has 2 aliphatic carbocycles. The zero-order valence-corrected chi connectivity index (χ0v) is 26.4. The first-order valence-electron chi connectivity index (χ1n) is 15.0. The fraction of sp³-hybridized carbons (Fsp3) is 0.452. The fourth-order valence-corrected chi connectivity index (χ4v) is 8.71. The Morgan fingerprint density at radius 3 is 2.49 bits per heavy atom. The van der Waals surface area contributed by atoms with Crippen molar-refractivity contribution in [3.63, 3.8) is 0 Å². The Labute approximate surface area is 269 Å². The number of amides is 2. The van der Waals surface area contributed by atoms with Crippen LogP contribution in [-0.4, -0.2) is 61.0 Å². The van der Waals surface area contributed by atoms with Crippen molar-refractivity contribution < 1.29 is 31.9 Å². The van der Waals surface area contributed by atoms with E-state index in [1.54, 1.807) is 0 Å². The molecule has 1 aromatic heterocycles. The van der Waals surface area contributed by atoms with Gasteiger partial charge in [-0.3, -0.25) is 14.7 Å². The van der Waals surface area contributed by atoms with Crippen LogP contribution in [0, 0.1) is 11.7 Å². The summed E-state index contributed by atoms with van der Waals surface area (Å²) in [6.45, 7) is 0.772. The van der Waals surface area contributed by atoms with Gasteiger partial charge in [-0.15, -0.1) is 0 Å². The lowest BCUT2D eigenvalue weighted by molar-refractivity contribution is -0.126. The van der Waals surface area contributed by atoms with Crippen LogP contribution >= 0.6 is 23.2 Å². The molecule has 2 saturated heterocycles. The largest absolute Gasteiger partial charge is 0.381 e. The molecule has 238 valence electrons. The number of fused-ring (bicyclic) bond motifs is 2. The molecule has 2 aliphatic heterocycles. The average Bonchev–Trinajstić information content (AvgIpc) is 3.49. The molecule has 3 heterocycles. The van der Waals surface area contributed by atoms with Gasteiger partial charge in [-0.05, 0) is 86.4 Å². The van der Waals surface area contributed by atoms with Gasteiger partial charge in [-0.25, -0.2) is 17.5 Å². The molecule has 0 radical (unpaired) electrons. The molecular weight excluding hydrogens is 646 g/mol. The first kappa shape index (κ1) is 30.6. The monoisotopic (exact) mass is 676 g/mol. The number of rotatable bonds is 9. The van der Waals surface area contributed by atoms with Crippen LogP contribution in [0.1, 0.15) is 66.1 Å². The zero-order valence-electron chi connectivity index (χ0n) is 24.1. The van der Waals surface area contributed by atoms with Gasteiger partial charge < -0.3 is 14.4 Å². The number of H-pyrrole nitrogens is 1. The maximum atomic E-state index is 15.1. The molecule has 7 rings (SSSR count). The molecule has 10 nitrogen and oxygen atoms in total. The lowest BCUT2D eigenvalue weighted by Gasteiger charge is -2.31. The maximum Gasteiger partial charge on any atom is 0.267 e. The summed E-state index contributed by atoms with van der Waals surface area (Å²) >= 11 is 13.1. The van der Waals surface area contributed by atoms with E-state index < -0.39 is 38.5 Å². The molecule has 2 saturated carbocycles. The summed E-state index contributed by atoms with van der Waals surface area (Å²) in [5.41, 5.74) is 3.03. The van der Waals surface area contributed by atoms with E-state index in [0.29, 0.717) is 51.4 Å². The molecule has 2 aromatic carbocycles. The summed E-state index contributed by atoms with van der Waals surface area (Å²) in [5.74, 6) is -2.01. The highest BCUT2D eigenvalue weighted by molar-refractivity contribution is 7.90. The number of nitrogens with zero attached hydrogens (tertiary/aromatic N) is 2. The number of benzene rings is 2. The minimum absolute atomic E-state index is 0.186. The van der Waals surface area contributed by atoms with E-state index in [1.165, 1.54) is 17.0 Å². The van der Waals surface area contributed by atoms with Gasteiger partial charge in [0.15, 0.2) is 0 Å². The van der Waals surface area contributed by atoms with Gasteiger partial charge in [-0.2, -0.15) is 5.10 Å². The number of aromatic nitrogens is 2. The molecule has 2 amide bonds. The third-order valence-corrected chi connectivity index (χ3v) is 11.6. The lowest BCUT2D eigenvalue weighted by Crippen LogP contribution is -2.43. The Hall–Kier alpha value is -3.03. The van der Waals surface area contributed by atoms with Gasteiger partial charge in [0.05, 0.1) is 50.9 Å². The highest BCUT2D eigenvalue weighted by atomic mass is 35.5. The number of nitrogens with one attached hydrogen (secondary N) is 2. The van der Waals surface area contributed by atoms with Crippen molar-refractivity contribution >= 4 is 50.7 Å². The molecule has 0 unspecified atom stereocenters. The summed E-state index contributed by atoms with van der Waals surface area (Å²) < 4.78 is 53.6. The van der Waals surface area contributed by atoms with Crippen LogP contribution in [0.3, 0.4) is 0 Å². The number of piperidine rings is 1. The van der Waals surface area contributed by atoms with E-state index in [2.05, 4.69) is 10.2 Å². The van der Waals surface area contributed by atoms with E-state index in [-0.39, 0.29) is 50.7 Å². The van der Waals surface area contributed by atoms with Crippen molar-refractivity contribution in [1.29, 1.82) is 0 Å². The quantitative estimate of drug-likeness (QED) is 0.312. The van der Waals surface area contributed by atoms with Crippen LogP contribution in [0.25, 0.3) is 11.3 Å². The van der Waals surface area contributed by atoms with E-state index in [9.17, 15) is 18.0 Å². The zero-order chi connectivity index (χ0) is 31.5. The number of carbonyl (C=O) groups is 2. The molecule has 4 fully saturated rings. The predicted molar refractivity (Wildman–Crippen MR) is 165 cm³/mol. The number of halogens is 3. The van der Waals surface area contributed by atoms with Crippen LogP contribution < -0.4 is 9.62 Å². The third-order valence-electron chi connectivity index (χ3n) is 9.17. The van der Waals surface area contributed by atoms with Gasteiger partial charge in [0.1, 0.15) is 5.82 Å². The van der Waals surface area contributed by atoms with Gasteiger partial charge in [0, 0.05) is 30.5 Å². The van der Waals surface area contributed by atoms with Crippen molar-refractivity contribution in [3.8, 4) is 11.3 Å². The first-order chi connectivity index (χ1) is 21.6. The molecule has 0 spiro atoms. The normalized spacial score (nSPS) is 23.6. The highest BCUT2D eigenvalue weighted by Crippen LogP contribution is 2.45. The van der Waals surface area contributed by atoms with E-state index >= 15 is 4.39 Å². The fourth-order valence-electron chi connectivity index (χ4n) is 6.67. The standard InChI is InChI=1S/C31H31Cl2FN4O6S/c32-24-9-17(16-1-2-16)10-25(33)29(24)27-11-18(35-36-27)15-44-28-14-20-12-23(28)31(40)38(20)19-3-4-22(26(34)13-19)30(39)37-45(41,42)21-5-7-43-8-6-21/h3-4,9-11,13,16,20-21,23,28H,1-2,5-8,12,14-15H2,(H,35,36)(H,37,39)/t20-,23+,28+/m0/s1. The second kappa shape index (κ2) is 12.0. The van der Waals surface area contributed by atoms with Gasteiger partial charge in [0.25, 0.3) is 5.91 Å². The van der Waals surface area contributed by atoms with E-state index in [0.717, 1.165) is 24.5 Å². The Kier molecular flexibility index (Phi) is 8.14. The van der Waals surface area contributed by atoms with Gasteiger partial charge >= 0.3 is 0 Å². The molecule has 3 aromatic rings. The Morgan fingerprint density at radius 1 is 1.09 bits per heavy atom. The summed E-state index contributed by atoms with van der Waals surface area (Å²) in [4.78, 5) is 27.5. The number of sulfonamides is 1. The molecule has 2 bridgehead atoms. The number of hydrogen-bond donors (Lipinski definition) is 2. The van der Waals surface area contributed by atoms with Crippen LogP contribution in [0.5, 0.6) is 0 Å². The smallest absolute Gasteiger partial charge is 0.267 e. The minimum atomic E-state index is -3.98. The topological polar surface area (TPSA) is 131 Å². The van der Waals surface area contributed by atoms with Crippen molar-refractivity contribution in [2.45, 2.75) is 68.4 Å². The SMILES string of the molecule is O=C(NS(=O)(=O)C1CCOCC1)c1ccc(N2C(=O)[C@@H]3C[C@H]2C[C@H]3OCc2cc(-c3c(Cl)cc(C4CC4)cc3Cl)n[nH]2)cc1F. The molecule has 45 heavy (non-hydrogen) atoms. The summed E-state index contributed by atoms with van der Waals surface area (Å²) in [7, 11) is -3.98. The number of hydrogen-bond acceptors (Lipinski definition) is 7. The molecule has 4 aliphatic rings. The van der Waals surface area contributed by atoms with Crippen LogP contribution in [0.4, 0.5) is 10.1 Å². The van der Waals surface area contributed by atoms with E-state index in [1.807, 2.05) is 22.9 Å². The number of aromatic amines is 1. The summed E-state index contributed by atoms with van der Waals surface area (Å²) in [6.07, 6.45) is 3.61. The van der Waals surface area contributed by atoms with Crippen LogP contribution in [-0.2, 0) is 30.9 Å². The van der Waals surface area contributed by atoms with Crippen molar-refractivity contribution in [3.05, 3.63) is 69.1 Å². The molecule has 14 heteroatoms. The predicted octanol–water partition coefficient (Wildman–Crippen LogP) is 5.35. The molecular formula is C31H31Cl2FN4O6S. The summed E-state index contributed by atoms with van der Waals surface area (Å²) in [6, 6.07) is 9.31. The number of anilines is 1. The first-order valence-corrected chi connectivity index (χ1v) is 17.3. The van der Waals surface area contributed by atoms with Crippen LogP contribution in [0.15, 0.2) is 36.4 Å². The lowest BCUT2D eigenvalue weighted by atomic mass is 10.0. The van der Waals surface area contributed by atoms with Crippen LogP contribution in [0.2, 0.25) is 10.0 Å². The van der Waals surface area contributed by atoms with Gasteiger partial charge in [0.2, 0.25) is 15.9 Å². The Morgan fingerprint density at radius 2 is 1.82 bits per heavy atom. The number of ether oxygens (including phenoxy) is 2. The average molecular weight is 678 g/mol. The van der Waals surface area contributed by atoms with Crippen molar-refractivity contribution in [1.82, 2.24) is 14.9 Å². The maximum absolute atomic E-state index is 15.1. The third kappa shape index (κ3) is 5.98. The van der Waals surface area contributed by atoms with Crippen molar-refractivity contribution in [2.24, 2.45) is 5.92 Å². The minimum Gasteiger partial charge on any atom is -0.381 e. The second-order valence-corrected chi connectivity index (χ2v) is 14.9. The highest BCUT2D eigenvalue weighted by Gasteiger charge is 2.52. The van der Waals surface area contributed by atoms with Gasteiger partial charge in [-0.1, -0.05) is 23.2 Å². The van der Waals surface area contributed by atoms with E-state index in [4.69, 9.17) is 32.7 Å². The Balaban J connectivity index is 0.971. The second-order valence-electron chi connectivity index (χ2n) is 12.2.